The van der Waals surface area contributed by atoms with Crippen LogP contribution in [0.15, 0.2) is 22.7 Å². The van der Waals surface area contributed by atoms with Gasteiger partial charge in [0.25, 0.3) is 5.91 Å². The molecule has 1 aromatic carbocycles. The van der Waals surface area contributed by atoms with Gasteiger partial charge in [-0.3, -0.25) is 4.79 Å². The minimum absolute atomic E-state index is 0.00935. The van der Waals surface area contributed by atoms with Gasteiger partial charge in [0.2, 0.25) is 12.7 Å². The summed E-state index contributed by atoms with van der Waals surface area (Å²) in [6.45, 7) is 6.30. The second-order valence-corrected chi connectivity index (χ2v) is 5.55. The lowest BCUT2D eigenvalue weighted by Crippen LogP contribution is -2.36. The average molecular weight is 317 g/mol. The van der Waals surface area contributed by atoms with Crippen LogP contribution in [0.5, 0.6) is 11.5 Å². The molecule has 23 heavy (non-hydrogen) atoms. The third kappa shape index (κ3) is 3.13. The molecule has 1 aliphatic heterocycles. The molecule has 0 fully saturated rings. The van der Waals surface area contributed by atoms with Crippen molar-refractivity contribution in [2.24, 2.45) is 0 Å². The van der Waals surface area contributed by atoms with Crippen molar-refractivity contribution in [3.63, 3.8) is 0 Å². The maximum absolute atomic E-state index is 12.8. The van der Waals surface area contributed by atoms with E-state index in [1.54, 1.807) is 23.1 Å². The van der Waals surface area contributed by atoms with Crippen molar-refractivity contribution in [3.8, 4) is 11.5 Å². The van der Waals surface area contributed by atoms with Crippen LogP contribution in [0, 0.1) is 0 Å². The minimum atomic E-state index is -0.116. The van der Waals surface area contributed by atoms with Crippen LogP contribution in [0.1, 0.15) is 42.8 Å². The van der Waals surface area contributed by atoms with Crippen LogP contribution in [0.4, 0.5) is 0 Å². The first-order chi connectivity index (χ1) is 11.1. The van der Waals surface area contributed by atoms with Crippen LogP contribution in [0.2, 0.25) is 0 Å². The number of hydrogen-bond acceptors (Lipinski definition) is 6. The van der Waals surface area contributed by atoms with E-state index in [1.807, 2.05) is 20.8 Å². The summed E-state index contributed by atoms with van der Waals surface area (Å²) < 4.78 is 15.8. The highest BCUT2D eigenvalue weighted by atomic mass is 16.7. The number of carbonyl (C=O) groups is 1. The maximum atomic E-state index is 12.8. The molecular formula is C16H19N3O4. The molecule has 0 spiro atoms. The molecule has 2 heterocycles. The quantitative estimate of drug-likeness (QED) is 0.843. The summed E-state index contributed by atoms with van der Waals surface area (Å²) >= 11 is 0. The summed E-state index contributed by atoms with van der Waals surface area (Å²) in [5, 5.41) is 3.87. The number of nitrogens with zero attached hydrogens (tertiary/aromatic N) is 3. The number of rotatable bonds is 5. The second kappa shape index (κ2) is 6.28. The fourth-order valence-corrected chi connectivity index (χ4v) is 2.33. The number of amides is 1. The van der Waals surface area contributed by atoms with E-state index in [0.29, 0.717) is 35.2 Å². The Balaban J connectivity index is 1.81. The van der Waals surface area contributed by atoms with Gasteiger partial charge >= 0.3 is 0 Å². The van der Waals surface area contributed by atoms with E-state index in [9.17, 15) is 4.79 Å². The molecule has 3 rings (SSSR count). The van der Waals surface area contributed by atoms with Gasteiger partial charge in [-0.2, -0.15) is 4.98 Å². The van der Waals surface area contributed by atoms with Crippen molar-refractivity contribution in [2.75, 3.05) is 6.79 Å². The molecule has 0 aliphatic carbocycles. The van der Waals surface area contributed by atoms with Crippen LogP contribution < -0.4 is 9.47 Å². The third-order valence-corrected chi connectivity index (χ3v) is 3.64. The van der Waals surface area contributed by atoms with Gasteiger partial charge in [0.1, 0.15) is 6.54 Å². The van der Waals surface area contributed by atoms with E-state index in [2.05, 4.69) is 10.1 Å². The Morgan fingerprint density at radius 2 is 2.09 bits per heavy atom. The summed E-state index contributed by atoms with van der Waals surface area (Å²) in [7, 11) is 0. The molecule has 0 saturated heterocycles. The number of carbonyl (C=O) groups excluding carboxylic acids is 1. The van der Waals surface area contributed by atoms with Crippen molar-refractivity contribution in [1.29, 1.82) is 0 Å². The normalized spacial score (nSPS) is 12.7. The molecular weight excluding hydrogens is 298 g/mol. The SMILES string of the molecule is CCc1noc(CN(C(=O)c2ccc3c(c2)OCO3)C(C)C)n1. The molecule has 0 bridgehead atoms. The molecule has 0 radical (unpaired) electrons. The van der Waals surface area contributed by atoms with Crippen LogP contribution in [0.25, 0.3) is 0 Å². The summed E-state index contributed by atoms with van der Waals surface area (Å²) in [6.07, 6.45) is 0.696. The Morgan fingerprint density at radius 1 is 1.30 bits per heavy atom. The van der Waals surface area contributed by atoms with E-state index >= 15 is 0 Å². The highest BCUT2D eigenvalue weighted by Crippen LogP contribution is 2.33. The lowest BCUT2D eigenvalue weighted by molar-refractivity contribution is 0.0667. The lowest BCUT2D eigenvalue weighted by Gasteiger charge is -2.25. The molecule has 7 heteroatoms. The molecule has 122 valence electrons. The first kappa shape index (κ1) is 15.3. The van der Waals surface area contributed by atoms with Gasteiger partial charge in [-0.1, -0.05) is 12.1 Å². The van der Waals surface area contributed by atoms with Crippen molar-refractivity contribution in [3.05, 3.63) is 35.5 Å². The number of aromatic nitrogens is 2. The summed E-state index contributed by atoms with van der Waals surface area (Å²) in [6, 6.07) is 5.17. The van der Waals surface area contributed by atoms with Gasteiger partial charge in [-0.25, -0.2) is 0 Å². The fourth-order valence-electron chi connectivity index (χ4n) is 2.33. The highest BCUT2D eigenvalue weighted by molar-refractivity contribution is 5.95. The number of fused-ring (bicyclic) bond motifs is 1. The molecule has 1 aromatic heterocycles. The van der Waals surface area contributed by atoms with E-state index in [4.69, 9.17) is 14.0 Å². The average Bonchev–Trinajstić information content (AvgIpc) is 3.19. The summed E-state index contributed by atoms with van der Waals surface area (Å²) in [5.74, 6) is 2.20. The van der Waals surface area contributed by atoms with Gasteiger partial charge in [-0.15, -0.1) is 0 Å². The molecule has 0 saturated carbocycles. The molecule has 2 aromatic rings. The van der Waals surface area contributed by atoms with Crippen LogP contribution >= 0.6 is 0 Å². The van der Waals surface area contributed by atoms with Crippen LogP contribution in [-0.2, 0) is 13.0 Å². The zero-order valence-electron chi connectivity index (χ0n) is 13.4. The van der Waals surface area contributed by atoms with E-state index in [1.165, 1.54) is 0 Å². The van der Waals surface area contributed by atoms with Gasteiger partial charge in [-0.05, 0) is 32.0 Å². The van der Waals surface area contributed by atoms with Gasteiger partial charge in [0.15, 0.2) is 17.3 Å². The van der Waals surface area contributed by atoms with Crippen molar-refractivity contribution >= 4 is 5.91 Å². The van der Waals surface area contributed by atoms with Crippen LogP contribution in [-0.4, -0.2) is 33.8 Å². The Morgan fingerprint density at radius 3 is 2.78 bits per heavy atom. The minimum Gasteiger partial charge on any atom is -0.454 e. The number of ether oxygens (including phenoxy) is 2. The Hall–Kier alpha value is -2.57. The van der Waals surface area contributed by atoms with Crippen molar-refractivity contribution in [2.45, 2.75) is 39.8 Å². The van der Waals surface area contributed by atoms with E-state index < -0.39 is 0 Å². The fraction of sp³-hybridized carbons (Fsp3) is 0.438. The zero-order valence-corrected chi connectivity index (χ0v) is 13.4. The largest absolute Gasteiger partial charge is 0.454 e. The van der Waals surface area contributed by atoms with Gasteiger partial charge in [0.05, 0.1) is 0 Å². The van der Waals surface area contributed by atoms with E-state index in [0.717, 1.165) is 0 Å². The third-order valence-electron chi connectivity index (χ3n) is 3.64. The second-order valence-electron chi connectivity index (χ2n) is 5.55. The summed E-state index contributed by atoms with van der Waals surface area (Å²) in [5.41, 5.74) is 0.540. The highest BCUT2D eigenvalue weighted by Gasteiger charge is 2.24. The molecule has 0 atom stereocenters. The predicted octanol–water partition coefficient (Wildman–Crippen LogP) is 2.41. The zero-order chi connectivity index (χ0) is 16.4. The van der Waals surface area contributed by atoms with Crippen LogP contribution in [0.3, 0.4) is 0 Å². The van der Waals surface area contributed by atoms with E-state index in [-0.39, 0.29) is 25.3 Å². The first-order valence-corrected chi connectivity index (χ1v) is 7.60. The topological polar surface area (TPSA) is 77.7 Å². The Labute approximate surface area is 134 Å². The first-order valence-electron chi connectivity index (χ1n) is 7.60. The Bertz CT molecular complexity index is 711. The maximum Gasteiger partial charge on any atom is 0.254 e. The number of aryl methyl sites for hydroxylation is 1. The Kier molecular flexibility index (Phi) is 4.18. The monoisotopic (exact) mass is 317 g/mol. The molecule has 0 N–H and O–H groups in total. The van der Waals surface area contributed by atoms with Gasteiger partial charge < -0.3 is 18.9 Å². The number of hydrogen-bond donors (Lipinski definition) is 0. The standard InChI is InChI=1S/C16H19N3O4/c1-4-14-17-15(23-18-14)8-19(10(2)3)16(20)11-5-6-12-13(7-11)22-9-21-12/h5-7,10H,4,8-9H2,1-3H3. The smallest absolute Gasteiger partial charge is 0.254 e. The van der Waals surface area contributed by atoms with Crippen molar-refractivity contribution in [1.82, 2.24) is 15.0 Å². The number of benzene rings is 1. The summed E-state index contributed by atoms with van der Waals surface area (Å²) in [4.78, 5) is 18.8. The molecule has 1 aliphatic rings. The lowest BCUT2D eigenvalue weighted by atomic mass is 10.1. The van der Waals surface area contributed by atoms with Crippen molar-refractivity contribution < 1.29 is 18.8 Å². The van der Waals surface area contributed by atoms with Gasteiger partial charge in [0, 0.05) is 18.0 Å². The molecule has 0 unspecified atom stereocenters. The predicted molar refractivity (Wildman–Crippen MR) is 81.3 cm³/mol. The molecule has 7 nitrogen and oxygen atoms in total. The molecule has 1 amide bonds.